The molecule has 0 heterocycles. The summed E-state index contributed by atoms with van der Waals surface area (Å²) in [5.74, 6) is 0.257. The number of unbranched alkanes of at least 4 members (excludes halogenated alkanes) is 1. The van der Waals surface area contributed by atoms with Gasteiger partial charge in [-0.05, 0) is 48.8 Å². The number of carbonyl (C=O) groups is 1. The fraction of sp³-hybridized carbons (Fsp3) is 0.240. The van der Waals surface area contributed by atoms with E-state index < -0.39 is 0 Å². The molecular weight excluding hydrogens is 316 g/mol. The van der Waals surface area contributed by atoms with Crippen molar-refractivity contribution >= 4 is 5.78 Å². The van der Waals surface area contributed by atoms with Gasteiger partial charge in [0, 0.05) is 12.0 Å². The number of carbonyl (C=O) groups excluding carboxylic acids is 1. The average molecular weight is 342 g/mol. The van der Waals surface area contributed by atoms with Gasteiger partial charge in [-0.3, -0.25) is 4.79 Å². The molecule has 26 heavy (non-hydrogen) atoms. The maximum absolute atomic E-state index is 12.3. The van der Waals surface area contributed by atoms with E-state index in [0.717, 1.165) is 37.7 Å². The molecule has 3 rings (SSSR count). The number of hydrogen-bond donors (Lipinski definition) is 0. The van der Waals surface area contributed by atoms with Crippen molar-refractivity contribution in [2.24, 2.45) is 0 Å². The van der Waals surface area contributed by atoms with Crippen molar-refractivity contribution in [2.75, 3.05) is 0 Å². The van der Waals surface area contributed by atoms with Crippen LogP contribution >= 0.6 is 0 Å². The molecule has 0 amide bonds. The zero-order valence-corrected chi connectivity index (χ0v) is 15.2. The first-order valence-corrected chi connectivity index (χ1v) is 9.51. The van der Waals surface area contributed by atoms with Crippen LogP contribution in [0.5, 0.6) is 0 Å². The molecule has 0 saturated heterocycles. The van der Waals surface area contributed by atoms with Crippen LogP contribution < -0.4 is 0 Å². The fourth-order valence-corrected chi connectivity index (χ4v) is 3.19. The SMILES string of the molecule is O=C(CCCCc1ccccc1)c1ccc(CCc2ccccc2)cc1. The van der Waals surface area contributed by atoms with E-state index in [9.17, 15) is 4.79 Å². The van der Waals surface area contributed by atoms with E-state index in [4.69, 9.17) is 0 Å². The van der Waals surface area contributed by atoms with Crippen LogP contribution in [0, 0.1) is 0 Å². The van der Waals surface area contributed by atoms with Gasteiger partial charge in [-0.1, -0.05) is 84.9 Å². The van der Waals surface area contributed by atoms with Crippen molar-refractivity contribution < 1.29 is 4.79 Å². The summed E-state index contributed by atoms with van der Waals surface area (Å²) in [6.45, 7) is 0. The summed E-state index contributed by atoms with van der Waals surface area (Å²) < 4.78 is 0. The molecule has 3 aromatic rings. The molecule has 0 bridgehead atoms. The molecule has 0 spiro atoms. The van der Waals surface area contributed by atoms with Crippen LogP contribution in [0.3, 0.4) is 0 Å². The molecule has 3 aromatic carbocycles. The van der Waals surface area contributed by atoms with Crippen molar-refractivity contribution in [3.63, 3.8) is 0 Å². The normalized spacial score (nSPS) is 10.6. The predicted molar refractivity (Wildman–Crippen MR) is 109 cm³/mol. The van der Waals surface area contributed by atoms with E-state index in [1.807, 2.05) is 24.3 Å². The molecular formula is C25H26O. The summed E-state index contributed by atoms with van der Waals surface area (Å²) in [7, 11) is 0. The minimum atomic E-state index is 0.257. The molecule has 0 aliphatic heterocycles. The highest BCUT2D eigenvalue weighted by Gasteiger charge is 2.06. The minimum absolute atomic E-state index is 0.257. The van der Waals surface area contributed by atoms with Crippen LogP contribution in [0.4, 0.5) is 0 Å². The van der Waals surface area contributed by atoms with Crippen molar-refractivity contribution in [1.82, 2.24) is 0 Å². The number of aryl methyl sites for hydroxylation is 3. The Kier molecular flexibility index (Phi) is 6.78. The number of Topliss-reactive ketones (excluding diaryl/α,β-unsaturated/α-hetero) is 1. The zero-order chi connectivity index (χ0) is 18.0. The standard InChI is InChI=1S/C25H26O/c26-25(14-8-7-13-21-9-3-1-4-10-21)24-19-17-23(18-20-24)16-15-22-11-5-2-6-12-22/h1-6,9-12,17-20H,7-8,13-16H2. The Morgan fingerprint density at radius 2 is 1.04 bits per heavy atom. The molecule has 132 valence electrons. The second-order valence-electron chi connectivity index (χ2n) is 6.80. The van der Waals surface area contributed by atoms with Gasteiger partial charge in [0.15, 0.2) is 5.78 Å². The Morgan fingerprint density at radius 1 is 0.538 bits per heavy atom. The molecule has 0 saturated carbocycles. The zero-order valence-electron chi connectivity index (χ0n) is 15.2. The maximum Gasteiger partial charge on any atom is 0.162 e. The van der Waals surface area contributed by atoms with Gasteiger partial charge in [-0.2, -0.15) is 0 Å². The fourth-order valence-electron chi connectivity index (χ4n) is 3.19. The van der Waals surface area contributed by atoms with E-state index in [2.05, 4.69) is 60.7 Å². The van der Waals surface area contributed by atoms with Crippen molar-refractivity contribution in [2.45, 2.75) is 38.5 Å². The quantitative estimate of drug-likeness (QED) is 0.341. The maximum atomic E-state index is 12.3. The molecule has 0 aliphatic carbocycles. The van der Waals surface area contributed by atoms with E-state index >= 15 is 0 Å². The predicted octanol–water partition coefficient (Wildman–Crippen LogP) is 6.07. The molecule has 0 radical (unpaired) electrons. The summed E-state index contributed by atoms with van der Waals surface area (Å²) >= 11 is 0. The van der Waals surface area contributed by atoms with E-state index in [0.29, 0.717) is 6.42 Å². The third-order valence-electron chi connectivity index (χ3n) is 4.78. The first-order chi connectivity index (χ1) is 12.8. The Labute approximate surface area is 156 Å². The Morgan fingerprint density at radius 3 is 1.62 bits per heavy atom. The summed E-state index contributed by atoms with van der Waals surface area (Å²) in [6.07, 6.45) is 5.74. The summed E-state index contributed by atoms with van der Waals surface area (Å²) in [6, 6.07) is 29.2. The van der Waals surface area contributed by atoms with Gasteiger partial charge in [-0.15, -0.1) is 0 Å². The monoisotopic (exact) mass is 342 g/mol. The van der Waals surface area contributed by atoms with E-state index in [1.54, 1.807) is 0 Å². The van der Waals surface area contributed by atoms with Crippen LogP contribution in [0.1, 0.15) is 46.3 Å². The van der Waals surface area contributed by atoms with Crippen LogP contribution in [-0.2, 0) is 19.3 Å². The van der Waals surface area contributed by atoms with Crippen LogP contribution in [-0.4, -0.2) is 5.78 Å². The number of ketones is 1. The summed E-state index contributed by atoms with van der Waals surface area (Å²) in [4.78, 5) is 12.3. The second kappa shape index (κ2) is 9.72. The highest BCUT2D eigenvalue weighted by Crippen LogP contribution is 2.13. The largest absolute Gasteiger partial charge is 0.294 e. The lowest BCUT2D eigenvalue weighted by molar-refractivity contribution is 0.0979. The third kappa shape index (κ3) is 5.70. The molecule has 0 unspecified atom stereocenters. The molecule has 1 nitrogen and oxygen atoms in total. The van der Waals surface area contributed by atoms with Gasteiger partial charge in [0.1, 0.15) is 0 Å². The van der Waals surface area contributed by atoms with Crippen LogP contribution in [0.2, 0.25) is 0 Å². The van der Waals surface area contributed by atoms with Crippen molar-refractivity contribution in [1.29, 1.82) is 0 Å². The number of rotatable bonds is 9. The summed E-state index contributed by atoms with van der Waals surface area (Å²) in [5, 5.41) is 0. The molecule has 0 N–H and O–H groups in total. The molecule has 1 heteroatoms. The first kappa shape index (κ1) is 18.1. The highest BCUT2D eigenvalue weighted by molar-refractivity contribution is 5.96. The average Bonchev–Trinajstić information content (AvgIpc) is 2.71. The highest BCUT2D eigenvalue weighted by atomic mass is 16.1. The summed E-state index contributed by atoms with van der Waals surface area (Å²) in [5.41, 5.74) is 4.83. The van der Waals surface area contributed by atoms with Gasteiger partial charge >= 0.3 is 0 Å². The molecule has 0 aromatic heterocycles. The smallest absolute Gasteiger partial charge is 0.162 e. The van der Waals surface area contributed by atoms with Gasteiger partial charge in [0.25, 0.3) is 0 Å². The van der Waals surface area contributed by atoms with Crippen molar-refractivity contribution in [3.8, 4) is 0 Å². The Hall–Kier alpha value is -2.67. The lowest BCUT2D eigenvalue weighted by Gasteiger charge is -2.05. The van der Waals surface area contributed by atoms with Gasteiger partial charge in [-0.25, -0.2) is 0 Å². The van der Waals surface area contributed by atoms with Crippen molar-refractivity contribution in [3.05, 3.63) is 107 Å². The molecule has 0 aliphatic rings. The van der Waals surface area contributed by atoms with Crippen LogP contribution in [0.25, 0.3) is 0 Å². The third-order valence-corrected chi connectivity index (χ3v) is 4.78. The van der Waals surface area contributed by atoms with E-state index in [1.165, 1.54) is 16.7 Å². The second-order valence-corrected chi connectivity index (χ2v) is 6.80. The lowest BCUT2D eigenvalue weighted by Crippen LogP contribution is -2.00. The molecule has 0 atom stereocenters. The van der Waals surface area contributed by atoms with Gasteiger partial charge < -0.3 is 0 Å². The van der Waals surface area contributed by atoms with Crippen LogP contribution in [0.15, 0.2) is 84.9 Å². The van der Waals surface area contributed by atoms with Gasteiger partial charge in [0.05, 0.1) is 0 Å². The number of benzene rings is 3. The van der Waals surface area contributed by atoms with E-state index in [-0.39, 0.29) is 5.78 Å². The Bertz CT molecular complexity index is 789. The van der Waals surface area contributed by atoms with Gasteiger partial charge in [0.2, 0.25) is 0 Å². The lowest BCUT2D eigenvalue weighted by atomic mass is 9.99. The first-order valence-electron chi connectivity index (χ1n) is 9.51. The Balaban J connectivity index is 1.41. The number of hydrogen-bond acceptors (Lipinski definition) is 1. The molecule has 0 fully saturated rings. The minimum Gasteiger partial charge on any atom is -0.294 e. The topological polar surface area (TPSA) is 17.1 Å².